The summed E-state index contributed by atoms with van der Waals surface area (Å²) in [6.07, 6.45) is 1.18. The molecule has 2 aromatic rings. The van der Waals surface area contributed by atoms with Crippen LogP contribution in [0.3, 0.4) is 0 Å². The van der Waals surface area contributed by atoms with Crippen LogP contribution in [0.4, 0.5) is 5.69 Å². The second kappa shape index (κ2) is 10.7. The van der Waals surface area contributed by atoms with Crippen LogP contribution in [-0.4, -0.2) is 40.9 Å². The van der Waals surface area contributed by atoms with Crippen molar-refractivity contribution < 1.29 is 24.2 Å². The number of phenols is 1. The van der Waals surface area contributed by atoms with Gasteiger partial charge in [-0.1, -0.05) is 36.9 Å². The molecular weight excluding hydrogens is 372 g/mol. The first-order valence-electron chi connectivity index (χ1n) is 9.15. The lowest BCUT2D eigenvalue weighted by molar-refractivity contribution is -0.149. The molecular formula is C22H24N2O5. The van der Waals surface area contributed by atoms with Gasteiger partial charge in [-0.25, -0.2) is 0 Å². The first-order chi connectivity index (χ1) is 13.9. The molecule has 7 nitrogen and oxygen atoms in total. The summed E-state index contributed by atoms with van der Waals surface area (Å²) >= 11 is 0. The van der Waals surface area contributed by atoms with Crippen molar-refractivity contribution in [2.24, 2.45) is 0 Å². The first kappa shape index (κ1) is 21.7. The number of rotatable bonds is 9. The van der Waals surface area contributed by atoms with E-state index in [1.807, 2.05) is 0 Å². The van der Waals surface area contributed by atoms with Crippen molar-refractivity contribution in [3.63, 3.8) is 0 Å². The van der Waals surface area contributed by atoms with Gasteiger partial charge in [0.2, 0.25) is 11.8 Å². The molecule has 0 aliphatic rings. The maximum atomic E-state index is 12.9. The molecule has 0 unspecified atom stereocenters. The molecule has 7 heteroatoms. The van der Waals surface area contributed by atoms with Gasteiger partial charge in [-0.3, -0.25) is 14.4 Å². The van der Waals surface area contributed by atoms with E-state index in [0.29, 0.717) is 16.8 Å². The van der Waals surface area contributed by atoms with Crippen LogP contribution in [0.2, 0.25) is 0 Å². The second-order valence-corrected chi connectivity index (χ2v) is 6.25. The third kappa shape index (κ3) is 6.80. The number of aromatic hydroxyl groups is 1. The zero-order chi connectivity index (χ0) is 21.2. The summed E-state index contributed by atoms with van der Waals surface area (Å²) in [5.41, 5.74) is 1.73. The van der Waals surface area contributed by atoms with E-state index in [1.54, 1.807) is 49.4 Å². The van der Waals surface area contributed by atoms with E-state index >= 15 is 0 Å². The van der Waals surface area contributed by atoms with Crippen LogP contribution in [0.5, 0.6) is 5.75 Å². The van der Waals surface area contributed by atoms with Crippen LogP contribution in [0.1, 0.15) is 18.1 Å². The highest BCUT2D eigenvalue weighted by Crippen LogP contribution is 2.19. The Hall–Kier alpha value is -3.61. The van der Waals surface area contributed by atoms with Crippen molar-refractivity contribution in [3.05, 3.63) is 72.3 Å². The van der Waals surface area contributed by atoms with Gasteiger partial charge in [-0.15, -0.1) is 0 Å². The fraction of sp³-hybridized carbons (Fsp3) is 0.227. The normalized spacial score (nSPS) is 10.1. The number of nitrogens with zero attached hydrogens (tertiary/aromatic N) is 1. The first-order valence-corrected chi connectivity index (χ1v) is 9.15. The molecule has 0 atom stereocenters. The quantitative estimate of drug-likeness (QED) is 0.502. The van der Waals surface area contributed by atoms with Crippen molar-refractivity contribution >= 4 is 23.5 Å². The number of carbonyl (C=O) groups excluding carboxylic acids is 3. The summed E-state index contributed by atoms with van der Waals surface area (Å²) in [7, 11) is 0. The molecule has 0 aliphatic carbocycles. The Kier molecular flexibility index (Phi) is 7.97. The van der Waals surface area contributed by atoms with Gasteiger partial charge >= 0.3 is 5.97 Å². The van der Waals surface area contributed by atoms with Crippen molar-refractivity contribution in [3.8, 4) is 5.75 Å². The molecule has 0 spiro atoms. The topological polar surface area (TPSA) is 95.9 Å². The van der Waals surface area contributed by atoms with Gasteiger partial charge < -0.3 is 20.1 Å². The SMILES string of the molecule is C=CC(=O)Nc1cccc(CC(=O)N(CC(=O)OCC)Cc2ccccc2O)c1. The predicted octanol–water partition coefficient (Wildman–Crippen LogP) is 2.65. The number of esters is 1. The van der Waals surface area contributed by atoms with E-state index in [9.17, 15) is 19.5 Å². The van der Waals surface area contributed by atoms with Crippen LogP contribution in [0.15, 0.2) is 61.2 Å². The Morgan fingerprint density at radius 2 is 1.93 bits per heavy atom. The molecule has 0 fully saturated rings. The summed E-state index contributed by atoms with van der Waals surface area (Å²) in [6, 6.07) is 13.5. The Bertz CT molecular complexity index is 894. The van der Waals surface area contributed by atoms with Gasteiger partial charge in [-0.05, 0) is 36.8 Å². The van der Waals surface area contributed by atoms with Gasteiger partial charge in [0, 0.05) is 17.8 Å². The molecule has 2 rings (SSSR count). The Balaban J connectivity index is 2.17. The van der Waals surface area contributed by atoms with E-state index in [-0.39, 0.29) is 43.7 Å². The molecule has 2 amide bonds. The smallest absolute Gasteiger partial charge is 0.325 e. The highest BCUT2D eigenvalue weighted by atomic mass is 16.5. The zero-order valence-electron chi connectivity index (χ0n) is 16.3. The van der Waals surface area contributed by atoms with Crippen LogP contribution >= 0.6 is 0 Å². The molecule has 0 radical (unpaired) electrons. The van der Waals surface area contributed by atoms with Gasteiger partial charge in [0.05, 0.1) is 13.0 Å². The molecule has 0 saturated heterocycles. The fourth-order valence-corrected chi connectivity index (χ4v) is 2.68. The van der Waals surface area contributed by atoms with E-state index in [2.05, 4.69) is 11.9 Å². The molecule has 0 aliphatic heterocycles. The number of nitrogens with one attached hydrogen (secondary N) is 1. The highest BCUT2D eigenvalue weighted by Gasteiger charge is 2.20. The number of hydrogen-bond donors (Lipinski definition) is 2. The molecule has 0 bridgehead atoms. The number of carbonyl (C=O) groups is 3. The number of amides is 2. The molecule has 0 aromatic heterocycles. The van der Waals surface area contributed by atoms with E-state index < -0.39 is 5.97 Å². The van der Waals surface area contributed by atoms with Crippen LogP contribution in [0, 0.1) is 0 Å². The number of anilines is 1. The van der Waals surface area contributed by atoms with Gasteiger partial charge in [0.15, 0.2) is 0 Å². The molecule has 0 heterocycles. The number of hydrogen-bond acceptors (Lipinski definition) is 5. The number of phenolic OH excluding ortho intramolecular Hbond substituents is 1. The van der Waals surface area contributed by atoms with E-state index in [0.717, 1.165) is 6.08 Å². The summed E-state index contributed by atoms with van der Waals surface area (Å²) in [5, 5.41) is 12.7. The van der Waals surface area contributed by atoms with Crippen molar-refractivity contribution in [2.75, 3.05) is 18.5 Å². The van der Waals surface area contributed by atoms with Crippen molar-refractivity contribution in [2.45, 2.75) is 19.9 Å². The molecule has 152 valence electrons. The lowest BCUT2D eigenvalue weighted by Crippen LogP contribution is -2.37. The maximum absolute atomic E-state index is 12.9. The minimum absolute atomic E-state index is 0.0187. The Labute approximate surface area is 169 Å². The number of benzene rings is 2. The average Bonchev–Trinajstić information content (AvgIpc) is 2.69. The summed E-state index contributed by atoms with van der Waals surface area (Å²) < 4.78 is 4.96. The van der Waals surface area contributed by atoms with Gasteiger partial charge in [0.25, 0.3) is 0 Å². The Morgan fingerprint density at radius 3 is 2.62 bits per heavy atom. The zero-order valence-corrected chi connectivity index (χ0v) is 16.3. The highest BCUT2D eigenvalue weighted by molar-refractivity contribution is 5.99. The molecule has 0 saturated carbocycles. The second-order valence-electron chi connectivity index (χ2n) is 6.25. The standard InChI is InChI=1S/C22H24N2O5/c1-3-20(26)23-18-10-7-8-16(12-18)13-21(27)24(15-22(28)29-4-2)14-17-9-5-6-11-19(17)25/h3,5-12,25H,1,4,13-15H2,2H3,(H,23,26). The van der Waals surface area contributed by atoms with Crippen LogP contribution in [-0.2, 0) is 32.1 Å². The predicted molar refractivity (Wildman–Crippen MR) is 109 cm³/mol. The van der Waals surface area contributed by atoms with Gasteiger partial charge in [-0.2, -0.15) is 0 Å². The largest absolute Gasteiger partial charge is 0.508 e. The summed E-state index contributed by atoms with van der Waals surface area (Å²) in [4.78, 5) is 37.6. The summed E-state index contributed by atoms with van der Waals surface area (Å²) in [6.45, 7) is 5.14. The van der Waals surface area contributed by atoms with Gasteiger partial charge in [0.1, 0.15) is 12.3 Å². The van der Waals surface area contributed by atoms with E-state index in [4.69, 9.17) is 4.74 Å². The average molecular weight is 396 g/mol. The third-order valence-corrected chi connectivity index (χ3v) is 4.07. The Morgan fingerprint density at radius 1 is 1.17 bits per heavy atom. The fourth-order valence-electron chi connectivity index (χ4n) is 2.68. The molecule has 2 N–H and O–H groups in total. The maximum Gasteiger partial charge on any atom is 0.325 e. The summed E-state index contributed by atoms with van der Waals surface area (Å²) in [5.74, 6) is -1.14. The van der Waals surface area contributed by atoms with E-state index in [1.165, 1.54) is 11.0 Å². The number of para-hydroxylation sites is 1. The minimum atomic E-state index is -0.525. The minimum Gasteiger partial charge on any atom is -0.508 e. The van der Waals surface area contributed by atoms with Crippen LogP contribution < -0.4 is 5.32 Å². The molecule has 29 heavy (non-hydrogen) atoms. The molecule has 2 aromatic carbocycles. The lowest BCUT2D eigenvalue weighted by atomic mass is 10.1. The van der Waals surface area contributed by atoms with Crippen molar-refractivity contribution in [1.82, 2.24) is 4.90 Å². The number of ether oxygens (including phenoxy) is 1. The monoisotopic (exact) mass is 396 g/mol. The van der Waals surface area contributed by atoms with Crippen molar-refractivity contribution in [1.29, 1.82) is 0 Å². The van der Waals surface area contributed by atoms with Crippen LogP contribution in [0.25, 0.3) is 0 Å². The third-order valence-electron chi connectivity index (χ3n) is 4.07. The lowest BCUT2D eigenvalue weighted by Gasteiger charge is -2.22.